The van der Waals surface area contributed by atoms with Gasteiger partial charge in [0.05, 0.1) is 11.7 Å². The maximum Gasteiger partial charge on any atom is 0.352 e. The first-order valence-electron chi connectivity index (χ1n) is 9.13. The quantitative estimate of drug-likeness (QED) is 0.651. The zero-order valence-corrected chi connectivity index (χ0v) is 16.6. The topological polar surface area (TPSA) is 48.9 Å². The molecule has 3 aromatic rings. The SMILES string of the molecule is Cc1cc(C)c2c(c1)SC(C)(C)C1C2n2c(=O)n(-c3ccccc3)c(=O)n21. The molecule has 0 N–H and O–H groups in total. The highest BCUT2D eigenvalue weighted by atomic mass is 32.2. The minimum atomic E-state index is -0.263. The second-order valence-corrected chi connectivity index (χ2v) is 9.71. The Bertz CT molecular complexity index is 1200. The van der Waals surface area contributed by atoms with Crippen LogP contribution in [0.5, 0.6) is 0 Å². The molecule has 2 aliphatic rings. The van der Waals surface area contributed by atoms with Crippen molar-refractivity contribution < 1.29 is 0 Å². The summed E-state index contributed by atoms with van der Waals surface area (Å²) in [5, 5.41) is 0. The second-order valence-electron chi connectivity index (χ2n) is 8.01. The number of nitrogens with zero attached hydrogens (tertiary/aromatic N) is 3. The van der Waals surface area contributed by atoms with Crippen LogP contribution in [-0.2, 0) is 0 Å². The van der Waals surface area contributed by atoms with E-state index >= 15 is 0 Å². The number of fused-ring (bicyclic) bond motifs is 6. The molecule has 0 saturated heterocycles. The first kappa shape index (κ1) is 16.7. The minimum absolute atomic E-state index is 0.0402. The molecule has 0 aliphatic carbocycles. The van der Waals surface area contributed by atoms with E-state index in [1.54, 1.807) is 33.3 Å². The van der Waals surface area contributed by atoms with E-state index in [0.29, 0.717) is 5.69 Å². The van der Waals surface area contributed by atoms with Crippen molar-refractivity contribution in [1.82, 2.24) is 13.9 Å². The van der Waals surface area contributed by atoms with Crippen molar-refractivity contribution in [3.63, 3.8) is 0 Å². The van der Waals surface area contributed by atoms with Crippen molar-refractivity contribution in [1.29, 1.82) is 0 Å². The van der Waals surface area contributed by atoms with Crippen LogP contribution in [0.1, 0.15) is 42.6 Å². The molecule has 2 unspecified atom stereocenters. The Hall–Kier alpha value is -2.47. The van der Waals surface area contributed by atoms with Gasteiger partial charge in [-0.3, -0.25) is 0 Å². The van der Waals surface area contributed by atoms with E-state index in [-0.39, 0.29) is 28.2 Å². The molecule has 3 heterocycles. The van der Waals surface area contributed by atoms with Gasteiger partial charge in [0.1, 0.15) is 6.04 Å². The van der Waals surface area contributed by atoms with Gasteiger partial charge in [-0.1, -0.05) is 24.3 Å². The third kappa shape index (κ3) is 2.07. The number of hydrogen-bond donors (Lipinski definition) is 0. The summed E-state index contributed by atoms with van der Waals surface area (Å²) in [6, 6.07) is 13.4. The van der Waals surface area contributed by atoms with Crippen molar-refractivity contribution in [3.05, 3.63) is 80.1 Å². The minimum Gasteiger partial charge on any atom is -0.245 e. The van der Waals surface area contributed by atoms with E-state index in [9.17, 15) is 9.59 Å². The van der Waals surface area contributed by atoms with Crippen molar-refractivity contribution in [2.75, 3.05) is 0 Å². The van der Waals surface area contributed by atoms with Crippen molar-refractivity contribution in [3.8, 4) is 5.69 Å². The van der Waals surface area contributed by atoms with Gasteiger partial charge >= 0.3 is 11.4 Å². The molecule has 6 heteroatoms. The number of thioether (sulfide) groups is 1. The van der Waals surface area contributed by atoms with Crippen LogP contribution in [0.15, 0.2) is 56.9 Å². The van der Waals surface area contributed by atoms with Crippen LogP contribution >= 0.6 is 11.8 Å². The lowest BCUT2D eigenvalue weighted by atomic mass is 9.84. The Morgan fingerprint density at radius 1 is 0.963 bits per heavy atom. The van der Waals surface area contributed by atoms with Gasteiger partial charge in [-0.25, -0.2) is 23.5 Å². The molecule has 2 aliphatic heterocycles. The van der Waals surface area contributed by atoms with E-state index in [4.69, 9.17) is 0 Å². The lowest BCUT2D eigenvalue weighted by Crippen LogP contribution is -2.57. The first-order valence-corrected chi connectivity index (χ1v) is 9.94. The fourth-order valence-corrected chi connectivity index (χ4v) is 6.23. The predicted molar refractivity (Wildman–Crippen MR) is 107 cm³/mol. The summed E-state index contributed by atoms with van der Waals surface area (Å²) in [4.78, 5) is 27.6. The second kappa shape index (κ2) is 5.29. The standard InChI is InChI=1S/C21H21N3O2S/c1-12-10-13(2)16-15(11-12)27-21(3,4)18-17(16)23-19(25)22(20(26)24(18)23)14-8-6-5-7-9-14/h5-11,17-18H,1-4H3. The van der Waals surface area contributed by atoms with Gasteiger partial charge in [0.15, 0.2) is 0 Å². The monoisotopic (exact) mass is 379 g/mol. The molecule has 0 fully saturated rings. The van der Waals surface area contributed by atoms with Crippen molar-refractivity contribution in [2.45, 2.75) is 49.4 Å². The third-order valence-corrected chi connectivity index (χ3v) is 7.05. The first-order chi connectivity index (χ1) is 12.8. The van der Waals surface area contributed by atoms with Crippen LogP contribution in [0.3, 0.4) is 0 Å². The van der Waals surface area contributed by atoms with Crippen LogP contribution in [0.25, 0.3) is 5.69 Å². The Kier molecular flexibility index (Phi) is 3.27. The molecule has 5 rings (SSSR count). The summed E-state index contributed by atoms with van der Waals surface area (Å²) in [6.07, 6.45) is 0. The summed E-state index contributed by atoms with van der Waals surface area (Å²) in [5.41, 5.74) is 3.68. The molecular weight excluding hydrogens is 358 g/mol. The smallest absolute Gasteiger partial charge is 0.245 e. The van der Waals surface area contributed by atoms with Gasteiger partial charge in [0, 0.05) is 9.64 Å². The van der Waals surface area contributed by atoms with Gasteiger partial charge in [-0.15, -0.1) is 11.8 Å². The largest absolute Gasteiger partial charge is 0.352 e. The highest BCUT2D eigenvalue weighted by Gasteiger charge is 2.55. The van der Waals surface area contributed by atoms with Crippen LogP contribution in [0.2, 0.25) is 0 Å². The van der Waals surface area contributed by atoms with Gasteiger partial charge in [0.2, 0.25) is 0 Å². The Balaban J connectivity index is 1.81. The lowest BCUT2D eigenvalue weighted by Gasteiger charge is -2.52. The molecule has 0 radical (unpaired) electrons. The average Bonchev–Trinajstić information content (AvgIpc) is 2.76. The maximum atomic E-state index is 13.2. The van der Waals surface area contributed by atoms with E-state index in [1.807, 2.05) is 18.2 Å². The molecule has 0 bridgehead atoms. The van der Waals surface area contributed by atoms with E-state index in [1.165, 1.54) is 26.2 Å². The van der Waals surface area contributed by atoms with E-state index in [2.05, 4.69) is 39.8 Å². The summed E-state index contributed by atoms with van der Waals surface area (Å²) < 4.78 is 4.43. The van der Waals surface area contributed by atoms with E-state index in [0.717, 1.165) is 0 Å². The van der Waals surface area contributed by atoms with Gasteiger partial charge in [-0.05, 0) is 62.6 Å². The van der Waals surface area contributed by atoms with Gasteiger partial charge in [0.25, 0.3) is 0 Å². The lowest BCUT2D eigenvalue weighted by molar-refractivity contribution is 0.118. The molecule has 27 heavy (non-hydrogen) atoms. The van der Waals surface area contributed by atoms with Gasteiger partial charge in [-0.2, -0.15) is 0 Å². The van der Waals surface area contributed by atoms with Crippen LogP contribution in [-0.4, -0.2) is 18.7 Å². The van der Waals surface area contributed by atoms with Gasteiger partial charge < -0.3 is 0 Å². The number of rotatable bonds is 1. The summed E-state index contributed by atoms with van der Waals surface area (Å²) in [7, 11) is 0. The van der Waals surface area contributed by atoms with Crippen molar-refractivity contribution in [2.24, 2.45) is 0 Å². The highest BCUT2D eigenvalue weighted by Crippen LogP contribution is 2.58. The Labute approximate surface area is 161 Å². The number of aromatic nitrogens is 3. The summed E-state index contributed by atoms with van der Waals surface area (Å²) in [6.45, 7) is 8.52. The molecule has 0 saturated carbocycles. The summed E-state index contributed by atoms with van der Waals surface area (Å²) in [5.74, 6) is 0. The maximum absolute atomic E-state index is 13.2. The zero-order chi connectivity index (χ0) is 19.1. The molecule has 2 aromatic carbocycles. The third-order valence-electron chi connectivity index (χ3n) is 5.72. The van der Waals surface area contributed by atoms with Crippen LogP contribution in [0, 0.1) is 13.8 Å². The number of para-hydroxylation sites is 1. The highest BCUT2D eigenvalue weighted by molar-refractivity contribution is 8.00. The molecule has 138 valence electrons. The van der Waals surface area contributed by atoms with Crippen LogP contribution < -0.4 is 11.4 Å². The molecular formula is C21H21N3O2S. The van der Waals surface area contributed by atoms with E-state index < -0.39 is 0 Å². The fourth-order valence-electron chi connectivity index (χ4n) is 4.67. The zero-order valence-electron chi connectivity index (χ0n) is 15.8. The Morgan fingerprint density at radius 3 is 2.33 bits per heavy atom. The predicted octanol–water partition coefficient (Wildman–Crippen LogP) is 3.45. The molecule has 2 atom stereocenters. The normalized spacial score (nSPS) is 21.8. The molecule has 1 aromatic heterocycles. The average molecular weight is 379 g/mol. The number of hydrogen-bond acceptors (Lipinski definition) is 3. The van der Waals surface area contributed by atoms with Crippen LogP contribution in [0.4, 0.5) is 0 Å². The summed E-state index contributed by atoms with van der Waals surface area (Å²) >= 11 is 1.80. The fraction of sp³-hybridized carbons (Fsp3) is 0.333. The van der Waals surface area contributed by atoms with Crippen molar-refractivity contribution >= 4 is 11.8 Å². The molecule has 5 nitrogen and oxygen atoms in total. The number of benzene rings is 2. The number of aryl methyl sites for hydroxylation is 2. The molecule has 0 amide bonds. The Morgan fingerprint density at radius 2 is 1.63 bits per heavy atom. The molecule has 0 spiro atoms.